The van der Waals surface area contributed by atoms with Crippen molar-refractivity contribution in [2.75, 3.05) is 0 Å². The van der Waals surface area contributed by atoms with Crippen molar-refractivity contribution in [3.05, 3.63) is 49.4 Å². The summed E-state index contributed by atoms with van der Waals surface area (Å²) in [5.41, 5.74) is 3.36. The topological polar surface area (TPSA) is 42.0 Å². The van der Waals surface area contributed by atoms with Crippen LogP contribution in [0.2, 0.25) is 0 Å². The normalized spacial score (nSPS) is 13.8. The molecule has 2 heterocycles. The van der Waals surface area contributed by atoms with Crippen LogP contribution < -0.4 is 5.32 Å². The van der Waals surface area contributed by atoms with Gasteiger partial charge in [-0.1, -0.05) is 0 Å². The number of rotatable bonds is 3. The third-order valence-corrected chi connectivity index (χ3v) is 5.46. The van der Waals surface area contributed by atoms with Crippen molar-refractivity contribution < 1.29 is 4.79 Å². The Morgan fingerprint density at radius 1 is 1.38 bits per heavy atom. The van der Waals surface area contributed by atoms with Crippen LogP contribution in [0.15, 0.2) is 22.8 Å². The van der Waals surface area contributed by atoms with Crippen molar-refractivity contribution in [1.82, 2.24) is 10.3 Å². The average molecular weight is 365 g/mol. The molecule has 21 heavy (non-hydrogen) atoms. The molecule has 0 saturated heterocycles. The first-order valence-electron chi connectivity index (χ1n) is 7.14. The van der Waals surface area contributed by atoms with E-state index in [1.165, 1.54) is 23.3 Å². The lowest BCUT2D eigenvalue weighted by Crippen LogP contribution is -2.22. The highest BCUT2D eigenvalue weighted by molar-refractivity contribution is 9.10. The van der Waals surface area contributed by atoms with Crippen LogP contribution in [0.4, 0.5) is 0 Å². The first kappa shape index (κ1) is 14.7. The molecule has 3 nitrogen and oxygen atoms in total. The van der Waals surface area contributed by atoms with Gasteiger partial charge in [-0.2, -0.15) is 0 Å². The number of thiophene rings is 1. The van der Waals surface area contributed by atoms with Crippen LogP contribution in [0.1, 0.15) is 44.2 Å². The molecule has 0 atom stereocenters. The minimum atomic E-state index is 0.0125. The predicted molar refractivity (Wildman–Crippen MR) is 88.8 cm³/mol. The summed E-state index contributed by atoms with van der Waals surface area (Å²) < 4.78 is 0.959. The molecule has 0 saturated carbocycles. The number of hydrogen-bond donors (Lipinski definition) is 1. The van der Waals surface area contributed by atoms with E-state index in [9.17, 15) is 4.79 Å². The van der Waals surface area contributed by atoms with Gasteiger partial charge in [0.25, 0.3) is 5.91 Å². The highest BCUT2D eigenvalue weighted by Gasteiger charge is 2.17. The van der Waals surface area contributed by atoms with Crippen molar-refractivity contribution in [1.29, 1.82) is 0 Å². The van der Waals surface area contributed by atoms with E-state index in [0.29, 0.717) is 6.54 Å². The second kappa shape index (κ2) is 6.28. The number of fused-ring (bicyclic) bond motifs is 1. The van der Waals surface area contributed by atoms with Crippen molar-refractivity contribution >= 4 is 33.2 Å². The third kappa shape index (κ3) is 3.35. The molecule has 2 aromatic heterocycles. The van der Waals surface area contributed by atoms with E-state index in [2.05, 4.69) is 32.3 Å². The van der Waals surface area contributed by atoms with Gasteiger partial charge in [-0.3, -0.25) is 9.78 Å². The Labute approximate surface area is 136 Å². The Hall–Kier alpha value is -1.20. The molecule has 1 amide bonds. The maximum Gasteiger partial charge on any atom is 0.261 e. The fourth-order valence-corrected chi connectivity index (χ4v) is 4.22. The lowest BCUT2D eigenvalue weighted by atomic mass is 9.99. The Kier molecular flexibility index (Phi) is 4.40. The minimum absolute atomic E-state index is 0.0125. The van der Waals surface area contributed by atoms with Gasteiger partial charge in [-0.05, 0) is 71.8 Å². The maximum absolute atomic E-state index is 12.3. The van der Waals surface area contributed by atoms with Gasteiger partial charge in [0, 0.05) is 15.5 Å². The molecule has 110 valence electrons. The van der Waals surface area contributed by atoms with E-state index in [0.717, 1.165) is 33.4 Å². The van der Waals surface area contributed by atoms with E-state index in [1.807, 2.05) is 13.0 Å². The molecule has 0 spiro atoms. The first-order chi connectivity index (χ1) is 10.1. The van der Waals surface area contributed by atoms with Crippen LogP contribution in [-0.4, -0.2) is 10.9 Å². The summed E-state index contributed by atoms with van der Waals surface area (Å²) in [5, 5.41) is 2.98. The predicted octanol–water partition coefficient (Wildman–Crippen LogP) is 4.02. The smallest absolute Gasteiger partial charge is 0.261 e. The third-order valence-electron chi connectivity index (χ3n) is 3.79. The largest absolute Gasteiger partial charge is 0.346 e. The summed E-state index contributed by atoms with van der Waals surface area (Å²) in [4.78, 5) is 18.8. The molecule has 0 aromatic carbocycles. The van der Waals surface area contributed by atoms with Crippen molar-refractivity contribution in [3.63, 3.8) is 0 Å². The number of aromatic nitrogens is 1. The molecule has 1 aliphatic carbocycles. The standard InChI is InChI=1S/C16H17BrN2OS/c1-10-6-12(17)8-18-13(10)9-19-16(20)15-7-11-4-2-3-5-14(11)21-15/h6-8H,2-5,9H2,1H3,(H,19,20). The summed E-state index contributed by atoms with van der Waals surface area (Å²) in [6, 6.07) is 4.08. The Morgan fingerprint density at radius 3 is 2.95 bits per heavy atom. The zero-order valence-corrected chi connectivity index (χ0v) is 14.3. The molecular weight excluding hydrogens is 348 g/mol. The van der Waals surface area contributed by atoms with E-state index < -0.39 is 0 Å². The molecule has 1 aliphatic rings. The SMILES string of the molecule is Cc1cc(Br)cnc1CNC(=O)c1cc2c(s1)CCCC2. The number of hydrogen-bond acceptors (Lipinski definition) is 3. The average Bonchev–Trinajstić information content (AvgIpc) is 2.90. The molecule has 2 aromatic rings. The number of halogens is 1. The van der Waals surface area contributed by atoms with Gasteiger partial charge >= 0.3 is 0 Å². The second-order valence-corrected chi connectivity index (χ2v) is 7.42. The summed E-state index contributed by atoms with van der Waals surface area (Å²) >= 11 is 5.04. The van der Waals surface area contributed by atoms with Gasteiger partial charge in [0.1, 0.15) is 0 Å². The van der Waals surface area contributed by atoms with Crippen LogP contribution in [0.5, 0.6) is 0 Å². The Morgan fingerprint density at radius 2 is 2.19 bits per heavy atom. The number of pyridine rings is 1. The molecule has 0 fully saturated rings. The zero-order chi connectivity index (χ0) is 14.8. The van der Waals surface area contributed by atoms with Gasteiger partial charge in [-0.25, -0.2) is 0 Å². The monoisotopic (exact) mass is 364 g/mol. The molecule has 3 rings (SSSR count). The molecule has 0 aliphatic heterocycles. The number of amides is 1. The molecule has 1 N–H and O–H groups in total. The quantitative estimate of drug-likeness (QED) is 0.893. The summed E-state index contributed by atoms with van der Waals surface area (Å²) in [6.45, 7) is 2.48. The van der Waals surface area contributed by atoms with Crippen molar-refractivity contribution in [3.8, 4) is 0 Å². The zero-order valence-electron chi connectivity index (χ0n) is 11.9. The number of nitrogens with zero attached hydrogens (tertiary/aromatic N) is 1. The fraction of sp³-hybridized carbons (Fsp3) is 0.375. The van der Waals surface area contributed by atoms with Gasteiger partial charge in [0.05, 0.1) is 17.1 Å². The summed E-state index contributed by atoms with van der Waals surface area (Å²) in [7, 11) is 0. The summed E-state index contributed by atoms with van der Waals surface area (Å²) in [5.74, 6) is 0.0125. The number of carbonyl (C=O) groups excluding carboxylic acids is 1. The Bertz CT molecular complexity index is 657. The second-order valence-electron chi connectivity index (χ2n) is 5.37. The van der Waals surface area contributed by atoms with Gasteiger partial charge in [0.2, 0.25) is 0 Å². The molecule has 0 unspecified atom stereocenters. The highest BCUT2D eigenvalue weighted by atomic mass is 79.9. The minimum Gasteiger partial charge on any atom is -0.346 e. The number of aryl methyl sites for hydroxylation is 3. The summed E-state index contributed by atoms with van der Waals surface area (Å²) in [6.07, 6.45) is 6.49. The first-order valence-corrected chi connectivity index (χ1v) is 8.75. The van der Waals surface area contributed by atoms with Crippen molar-refractivity contribution in [2.45, 2.75) is 39.2 Å². The number of nitrogens with one attached hydrogen (secondary N) is 1. The number of carbonyl (C=O) groups is 1. The van der Waals surface area contributed by atoms with Crippen LogP contribution in [0.25, 0.3) is 0 Å². The maximum atomic E-state index is 12.3. The molecule has 0 radical (unpaired) electrons. The fourth-order valence-electron chi connectivity index (χ4n) is 2.61. The van der Waals surface area contributed by atoms with E-state index in [-0.39, 0.29) is 5.91 Å². The van der Waals surface area contributed by atoms with Crippen LogP contribution >= 0.6 is 27.3 Å². The van der Waals surface area contributed by atoms with Crippen LogP contribution in [-0.2, 0) is 19.4 Å². The lowest BCUT2D eigenvalue weighted by molar-refractivity contribution is 0.0954. The Balaban J connectivity index is 1.67. The van der Waals surface area contributed by atoms with E-state index >= 15 is 0 Å². The highest BCUT2D eigenvalue weighted by Crippen LogP contribution is 2.29. The molecular formula is C16H17BrN2OS. The van der Waals surface area contributed by atoms with Gasteiger partial charge in [-0.15, -0.1) is 11.3 Å². The van der Waals surface area contributed by atoms with Gasteiger partial charge < -0.3 is 5.32 Å². The molecule has 5 heteroatoms. The lowest BCUT2D eigenvalue weighted by Gasteiger charge is -2.08. The van der Waals surface area contributed by atoms with Crippen LogP contribution in [0.3, 0.4) is 0 Å². The van der Waals surface area contributed by atoms with Gasteiger partial charge in [0.15, 0.2) is 0 Å². The van der Waals surface area contributed by atoms with E-state index in [1.54, 1.807) is 17.5 Å². The molecule has 0 bridgehead atoms. The van der Waals surface area contributed by atoms with Crippen molar-refractivity contribution in [2.24, 2.45) is 0 Å². The van der Waals surface area contributed by atoms with Crippen LogP contribution in [0, 0.1) is 6.92 Å². The van der Waals surface area contributed by atoms with E-state index in [4.69, 9.17) is 0 Å².